The molecule has 3 amide bonds. The highest BCUT2D eigenvalue weighted by molar-refractivity contribution is 7.94. The number of likely N-dealkylation sites (N-methyl/N-ethyl adjacent to an activating group) is 1. The molecule has 1 aromatic heterocycles. The molecule has 4 rings (SSSR count). The number of benzene rings is 2. The summed E-state index contributed by atoms with van der Waals surface area (Å²) in [7, 11) is -2.24. The standard InChI is InChI=1S/C33H43FN4O7S2/c1-22-19-38(23(2)21-39)32(40)28-18-27(36-47(42,43)31-9-7-17-46-31)14-15-29(28)45-24(3)8-5-6-16-44-30(22)20-37(4)33(41)35-26-12-10-25(34)11-13-26/h7,9-15,17-18,22-24,30,36,39H,5-6,8,16,19-21H2,1-4H3,(H,35,41)/t22-,23-,24+,30+/m1/s1. The second kappa shape index (κ2) is 16.4. The molecule has 11 nitrogen and oxygen atoms in total. The zero-order valence-electron chi connectivity index (χ0n) is 27.0. The molecular weight excluding hydrogens is 648 g/mol. The third kappa shape index (κ3) is 9.89. The summed E-state index contributed by atoms with van der Waals surface area (Å²) in [6.07, 6.45) is 1.49. The van der Waals surface area contributed by atoms with Crippen LogP contribution in [0.3, 0.4) is 0 Å². The summed E-state index contributed by atoms with van der Waals surface area (Å²) >= 11 is 1.08. The molecule has 0 spiro atoms. The first-order valence-corrected chi connectivity index (χ1v) is 17.9. The second-order valence-corrected chi connectivity index (χ2v) is 14.7. The number of urea groups is 1. The van der Waals surface area contributed by atoms with E-state index >= 15 is 0 Å². The van der Waals surface area contributed by atoms with E-state index in [1.54, 1.807) is 37.6 Å². The Morgan fingerprint density at radius 2 is 1.87 bits per heavy atom. The molecule has 1 aliphatic rings. The molecule has 0 fully saturated rings. The van der Waals surface area contributed by atoms with Crippen molar-refractivity contribution >= 4 is 44.7 Å². The number of ether oxygens (including phenoxy) is 2. The molecule has 0 aliphatic carbocycles. The highest BCUT2D eigenvalue weighted by atomic mass is 32.2. The van der Waals surface area contributed by atoms with Crippen LogP contribution in [0.25, 0.3) is 0 Å². The summed E-state index contributed by atoms with van der Waals surface area (Å²) in [4.78, 5) is 30.3. The van der Waals surface area contributed by atoms with Crippen molar-refractivity contribution in [2.24, 2.45) is 5.92 Å². The lowest BCUT2D eigenvalue weighted by atomic mass is 10.0. The van der Waals surface area contributed by atoms with Gasteiger partial charge in [0.2, 0.25) is 0 Å². The molecule has 0 saturated heterocycles. The fraction of sp³-hybridized carbons (Fsp3) is 0.455. The zero-order chi connectivity index (χ0) is 34.1. The highest BCUT2D eigenvalue weighted by Gasteiger charge is 2.31. The van der Waals surface area contributed by atoms with Crippen molar-refractivity contribution in [1.82, 2.24) is 9.80 Å². The Hall–Kier alpha value is -3.72. The lowest BCUT2D eigenvalue weighted by molar-refractivity contribution is -0.0115. The Bertz CT molecular complexity index is 1590. The number of fused-ring (bicyclic) bond motifs is 1. The van der Waals surface area contributed by atoms with Crippen LogP contribution in [0.15, 0.2) is 64.2 Å². The molecule has 0 unspecified atom stereocenters. The number of nitrogens with one attached hydrogen (secondary N) is 2. The molecule has 1 aliphatic heterocycles. The molecule has 14 heteroatoms. The van der Waals surface area contributed by atoms with Gasteiger partial charge in [-0.1, -0.05) is 13.0 Å². The summed E-state index contributed by atoms with van der Waals surface area (Å²) < 4.78 is 54.5. The summed E-state index contributed by atoms with van der Waals surface area (Å²) in [5.74, 6) is -0.836. The summed E-state index contributed by atoms with van der Waals surface area (Å²) in [5.41, 5.74) is 0.799. The van der Waals surface area contributed by atoms with E-state index in [0.717, 1.165) is 24.2 Å². The second-order valence-electron chi connectivity index (χ2n) is 11.9. The first kappa shape index (κ1) is 36.1. The Morgan fingerprint density at radius 3 is 2.55 bits per heavy atom. The Balaban J connectivity index is 1.61. The van der Waals surface area contributed by atoms with Crippen LogP contribution in [0.4, 0.5) is 20.6 Å². The minimum absolute atomic E-state index is 0.139. The molecule has 256 valence electrons. The van der Waals surface area contributed by atoms with E-state index in [4.69, 9.17) is 9.47 Å². The van der Waals surface area contributed by atoms with Crippen LogP contribution >= 0.6 is 11.3 Å². The predicted molar refractivity (Wildman–Crippen MR) is 180 cm³/mol. The van der Waals surface area contributed by atoms with Gasteiger partial charge >= 0.3 is 6.03 Å². The lowest BCUT2D eigenvalue weighted by Gasteiger charge is -2.35. The maximum Gasteiger partial charge on any atom is 0.321 e. The van der Waals surface area contributed by atoms with Crippen molar-refractivity contribution in [3.05, 3.63) is 71.4 Å². The van der Waals surface area contributed by atoms with Gasteiger partial charge in [-0.25, -0.2) is 17.6 Å². The normalized spacial score (nSPS) is 20.3. The Morgan fingerprint density at radius 1 is 1.15 bits per heavy atom. The molecule has 47 heavy (non-hydrogen) atoms. The monoisotopic (exact) mass is 690 g/mol. The number of nitrogens with zero attached hydrogens (tertiary/aromatic N) is 2. The van der Waals surface area contributed by atoms with Gasteiger partial charge in [0.1, 0.15) is 15.8 Å². The van der Waals surface area contributed by atoms with Crippen LogP contribution in [0.2, 0.25) is 0 Å². The third-order valence-electron chi connectivity index (χ3n) is 7.96. The molecule has 0 bridgehead atoms. The summed E-state index contributed by atoms with van der Waals surface area (Å²) in [5, 5.41) is 14.6. The predicted octanol–water partition coefficient (Wildman–Crippen LogP) is 5.65. The van der Waals surface area contributed by atoms with E-state index in [1.165, 1.54) is 46.2 Å². The smallest absolute Gasteiger partial charge is 0.321 e. The number of hydrogen-bond donors (Lipinski definition) is 3. The number of carbonyl (C=O) groups is 2. The topological polar surface area (TPSA) is 138 Å². The van der Waals surface area contributed by atoms with Crippen LogP contribution in [0.5, 0.6) is 5.75 Å². The van der Waals surface area contributed by atoms with Crippen molar-refractivity contribution in [3.8, 4) is 5.75 Å². The van der Waals surface area contributed by atoms with Gasteiger partial charge in [-0.3, -0.25) is 9.52 Å². The van der Waals surface area contributed by atoms with Crippen molar-refractivity contribution in [3.63, 3.8) is 0 Å². The number of halogens is 1. The van der Waals surface area contributed by atoms with Crippen LogP contribution < -0.4 is 14.8 Å². The van der Waals surface area contributed by atoms with Gasteiger partial charge in [0, 0.05) is 44.0 Å². The molecule has 0 radical (unpaired) electrons. The third-order valence-corrected chi connectivity index (χ3v) is 10.7. The van der Waals surface area contributed by atoms with E-state index in [1.807, 2.05) is 13.8 Å². The van der Waals surface area contributed by atoms with Gasteiger partial charge in [0.15, 0.2) is 0 Å². The van der Waals surface area contributed by atoms with Gasteiger partial charge in [0.25, 0.3) is 15.9 Å². The fourth-order valence-electron chi connectivity index (χ4n) is 5.18. The molecule has 0 saturated carbocycles. The van der Waals surface area contributed by atoms with Crippen molar-refractivity contribution in [2.45, 2.75) is 62.5 Å². The number of sulfonamides is 1. The molecule has 2 aromatic carbocycles. The van der Waals surface area contributed by atoms with Gasteiger partial charge in [-0.15, -0.1) is 11.3 Å². The van der Waals surface area contributed by atoms with E-state index < -0.39 is 39.9 Å². The average molecular weight is 691 g/mol. The van der Waals surface area contributed by atoms with Gasteiger partial charge in [-0.2, -0.15) is 0 Å². The first-order valence-electron chi connectivity index (χ1n) is 15.6. The Kier molecular flexibility index (Phi) is 12.6. The minimum Gasteiger partial charge on any atom is -0.490 e. The maximum atomic E-state index is 14.3. The van der Waals surface area contributed by atoms with E-state index in [-0.39, 0.29) is 47.2 Å². The largest absolute Gasteiger partial charge is 0.490 e. The summed E-state index contributed by atoms with van der Waals surface area (Å²) in [6.45, 7) is 6.02. The van der Waals surface area contributed by atoms with Crippen molar-refractivity contribution in [2.75, 3.05) is 43.4 Å². The van der Waals surface area contributed by atoms with Gasteiger partial charge in [0.05, 0.1) is 30.4 Å². The maximum absolute atomic E-state index is 14.3. The minimum atomic E-state index is -3.87. The van der Waals surface area contributed by atoms with E-state index in [2.05, 4.69) is 10.0 Å². The molecular formula is C33H43FN4O7S2. The van der Waals surface area contributed by atoms with E-state index in [0.29, 0.717) is 24.5 Å². The molecule has 4 atom stereocenters. The number of rotatable bonds is 8. The number of carbonyl (C=O) groups excluding carboxylic acids is 2. The number of aliphatic hydroxyl groups is 1. The molecule has 3 N–H and O–H groups in total. The molecule has 3 aromatic rings. The number of aliphatic hydroxyl groups excluding tert-OH is 1. The van der Waals surface area contributed by atoms with Crippen molar-refractivity contribution in [1.29, 1.82) is 0 Å². The molecule has 2 heterocycles. The summed E-state index contributed by atoms with van der Waals surface area (Å²) in [6, 6.07) is 12.2. The SMILES string of the molecule is C[C@@H]1CN([C@H](C)CO)C(=O)c2cc(NS(=O)(=O)c3cccs3)ccc2O[C@@H](C)CCCCO[C@H]1CN(C)C(=O)Nc1ccc(F)cc1. The van der Waals surface area contributed by atoms with Crippen LogP contribution in [-0.4, -0.2) is 86.9 Å². The first-order chi connectivity index (χ1) is 22.4. The number of amides is 3. The Labute approximate surface area is 279 Å². The average Bonchev–Trinajstić information content (AvgIpc) is 3.60. The van der Waals surface area contributed by atoms with Crippen LogP contribution in [0.1, 0.15) is 50.4 Å². The quantitative estimate of drug-likeness (QED) is 0.278. The highest BCUT2D eigenvalue weighted by Crippen LogP contribution is 2.30. The number of anilines is 2. The van der Waals surface area contributed by atoms with Crippen LogP contribution in [0, 0.1) is 11.7 Å². The number of thiophene rings is 1. The van der Waals surface area contributed by atoms with E-state index in [9.17, 15) is 27.5 Å². The fourth-order valence-corrected chi connectivity index (χ4v) is 7.22. The number of hydrogen-bond acceptors (Lipinski definition) is 8. The van der Waals surface area contributed by atoms with Crippen LogP contribution in [-0.2, 0) is 14.8 Å². The van der Waals surface area contributed by atoms with Gasteiger partial charge < -0.3 is 29.7 Å². The van der Waals surface area contributed by atoms with Crippen molar-refractivity contribution < 1.29 is 37.0 Å². The zero-order valence-corrected chi connectivity index (χ0v) is 28.7. The van der Waals surface area contributed by atoms with Gasteiger partial charge in [-0.05, 0) is 87.0 Å². The lowest BCUT2D eigenvalue weighted by Crippen LogP contribution is -2.48.